The molecule has 10 heteroatoms. The van der Waals surface area contributed by atoms with Gasteiger partial charge in [0.1, 0.15) is 11.9 Å². The van der Waals surface area contributed by atoms with E-state index in [0.29, 0.717) is 48.8 Å². The zero-order valence-corrected chi connectivity index (χ0v) is 25.6. The summed E-state index contributed by atoms with van der Waals surface area (Å²) in [6.07, 6.45) is 5.96. The third kappa shape index (κ3) is 5.77. The number of carbonyl (C=O) groups excluding carboxylic acids is 4. The van der Waals surface area contributed by atoms with Gasteiger partial charge in [0.15, 0.2) is 0 Å². The van der Waals surface area contributed by atoms with Crippen LogP contribution in [-0.4, -0.2) is 63.0 Å². The molecule has 5 heterocycles. The van der Waals surface area contributed by atoms with Crippen LogP contribution >= 0.6 is 0 Å². The van der Waals surface area contributed by atoms with Gasteiger partial charge in [0.25, 0.3) is 11.8 Å². The van der Waals surface area contributed by atoms with Crippen LogP contribution in [0.5, 0.6) is 0 Å². The molecule has 4 aromatic rings. The molecule has 0 aliphatic carbocycles. The molecular weight excluding hydrogens is 580 g/mol. The van der Waals surface area contributed by atoms with Crippen molar-refractivity contribution in [2.24, 2.45) is 0 Å². The molecule has 1 unspecified atom stereocenters. The number of aryl methyl sites for hydroxylation is 1. The maximum absolute atomic E-state index is 13.1. The lowest BCUT2D eigenvalue weighted by Gasteiger charge is -2.29. The average Bonchev–Trinajstić information content (AvgIpc) is 3.76. The van der Waals surface area contributed by atoms with Gasteiger partial charge in [-0.2, -0.15) is 0 Å². The molecule has 3 N–H and O–H groups in total. The van der Waals surface area contributed by atoms with Crippen molar-refractivity contribution in [3.05, 3.63) is 94.3 Å². The highest BCUT2D eigenvalue weighted by molar-refractivity contribution is 6.06. The van der Waals surface area contributed by atoms with E-state index in [1.165, 1.54) is 17.0 Å². The molecule has 0 spiro atoms. The van der Waals surface area contributed by atoms with Gasteiger partial charge in [-0.3, -0.25) is 29.4 Å². The van der Waals surface area contributed by atoms with Gasteiger partial charge in [-0.25, -0.2) is 4.98 Å². The topological polar surface area (TPSA) is 128 Å². The first kappa shape index (κ1) is 29.4. The van der Waals surface area contributed by atoms with Gasteiger partial charge in [-0.05, 0) is 80.7 Å². The van der Waals surface area contributed by atoms with E-state index in [2.05, 4.69) is 50.5 Å². The number of carbonyl (C=O) groups is 4. The number of hydrogen-bond donors (Lipinski definition) is 3. The molecule has 2 atom stereocenters. The zero-order valence-electron chi connectivity index (χ0n) is 25.6. The van der Waals surface area contributed by atoms with Gasteiger partial charge in [0.2, 0.25) is 11.8 Å². The Labute approximate surface area is 266 Å². The van der Waals surface area contributed by atoms with E-state index >= 15 is 0 Å². The van der Waals surface area contributed by atoms with Crippen molar-refractivity contribution < 1.29 is 19.2 Å². The molecule has 4 amide bonds. The highest BCUT2D eigenvalue weighted by Gasteiger charge is 2.39. The second-order valence-electron chi connectivity index (χ2n) is 12.2. The van der Waals surface area contributed by atoms with E-state index in [0.717, 1.165) is 40.6 Å². The molecule has 7 rings (SSSR count). The third-order valence-electron chi connectivity index (χ3n) is 9.21. The lowest BCUT2D eigenvalue weighted by Crippen LogP contribution is -2.52. The first-order valence-electron chi connectivity index (χ1n) is 15.7. The van der Waals surface area contributed by atoms with Crippen LogP contribution in [0.25, 0.3) is 10.9 Å². The monoisotopic (exact) mass is 614 g/mol. The average molecular weight is 615 g/mol. The highest BCUT2D eigenvalue weighted by atomic mass is 16.2. The number of pyridine rings is 1. The molecule has 2 aromatic heterocycles. The first-order chi connectivity index (χ1) is 22.3. The van der Waals surface area contributed by atoms with Crippen molar-refractivity contribution in [1.82, 2.24) is 25.1 Å². The Balaban J connectivity index is 0.951. The summed E-state index contributed by atoms with van der Waals surface area (Å²) in [7, 11) is 2.15. The van der Waals surface area contributed by atoms with Crippen LogP contribution < -0.4 is 10.6 Å². The molecule has 232 valence electrons. The van der Waals surface area contributed by atoms with Crippen LogP contribution in [-0.2, 0) is 22.6 Å². The minimum Gasteiger partial charge on any atom is -0.357 e. The lowest BCUT2D eigenvalue weighted by molar-refractivity contribution is -0.136. The summed E-state index contributed by atoms with van der Waals surface area (Å²) in [6, 6.07) is 16.7. The Kier molecular flexibility index (Phi) is 7.84. The minimum absolute atomic E-state index is 0.209. The second-order valence-corrected chi connectivity index (χ2v) is 12.2. The number of piperidine rings is 1. The molecule has 46 heavy (non-hydrogen) atoms. The van der Waals surface area contributed by atoms with Crippen LogP contribution in [0.4, 0.5) is 5.82 Å². The van der Waals surface area contributed by atoms with Gasteiger partial charge >= 0.3 is 0 Å². The Morgan fingerprint density at radius 3 is 2.70 bits per heavy atom. The summed E-state index contributed by atoms with van der Waals surface area (Å²) in [6.45, 7) is 1.39. The quantitative estimate of drug-likeness (QED) is 0.219. The number of imide groups is 1. The number of fused-ring (bicyclic) bond motifs is 2. The van der Waals surface area contributed by atoms with Crippen molar-refractivity contribution >= 4 is 40.3 Å². The van der Waals surface area contributed by atoms with E-state index in [9.17, 15) is 19.2 Å². The van der Waals surface area contributed by atoms with Gasteiger partial charge in [0.05, 0.1) is 5.52 Å². The lowest BCUT2D eigenvalue weighted by atomic mass is 10.0. The summed E-state index contributed by atoms with van der Waals surface area (Å²) in [4.78, 5) is 61.8. The Hall–Kier alpha value is -5.27. The third-order valence-corrected chi connectivity index (χ3v) is 9.21. The fourth-order valence-corrected chi connectivity index (χ4v) is 6.68. The number of likely N-dealkylation sites (tertiary alicyclic amines) is 1. The minimum atomic E-state index is -0.653. The van der Waals surface area contributed by atoms with E-state index in [1.54, 1.807) is 30.5 Å². The van der Waals surface area contributed by atoms with Crippen LogP contribution in [0.15, 0.2) is 60.8 Å². The van der Waals surface area contributed by atoms with E-state index in [1.807, 2.05) is 24.3 Å². The van der Waals surface area contributed by atoms with Crippen LogP contribution in [0, 0.1) is 11.8 Å². The molecule has 0 radical (unpaired) electrons. The van der Waals surface area contributed by atoms with Gasteiger partial charge in [-0.1, -0.05) is 30.0 Å². The number of hydrogen-bond acceptors (Lipinski definition) is 6. The highest BCUT2D eigenvalue weighted by Crippen LogP contribution is 2.32. The van der Waals surface area contributed by atoms with Crippen LogP contribution in [0.1, 0.15) is 81.2 Å². The van der Waals surface area contributed by atoms with Gasteiger partial charge in [-0.15, -0.1) is 0 Å². The van der Waals surface area contributed by atoms with Crippen molar-refractivity contribution in [3.63, 3.8) is 0 Å². The normalized spacial score (nSPS) is 19.6. The van der Waals surface area contributed by atoms with Crippen LogP contribution in [0.2, 0.25) is 0 Å². The summed E-state index contributed by atoms with van der Waals surface area (Å²) < 4.78 is 0. The number of amides is 4. The number of H-pyrrole nitrogens is 1. The van der Waals surface area contributed by atoms with Crippen LogP contribution in [0.3, 0.4) is 0 Å². The Bertz CT molecular complexity index is 1940. The molecule has 0 bridgehead atoms. The van der Waals surface area contributed by atoms with Gasteiger partial charge in [0, 0.05) is 65.5 Å². The number of anilines is 1. The number of rotatable bonds is 6. The van der Waals surface area contributed by atoms with Crippen molar-refractivity contribution in [2.75, 3.05) is 18.9 Å². The van der Waals surface area contributed by atoms with E-state index in [4.69, 9.17) is 0 Å². The van der Waals surface area contributed by atoms with E-state index < -0.39 is 11.9 Å². The van der Waals surface area contributed by atoms with Crippen molar-refractivity contribution in [1.29, 1.82) is 0 Å². The molecule has 2 fully saturated rings. The fourth-order valence-electron chi connectivity index (χ4n) is 6.68. The predicted molar refractivity (Wildman–Crippen MR) is 173 cm³/mol. The predicted octanol–water partition coefficient (Wildman–Crippen LogP) is 4.33. The summed E-state index contributed by atoms with van der Waals surface area (Å²) in [5.41, 5.74) is 5.86. The number of aromatic amines is 1. The summed E-state index contributed by atoms with van der Waals surface area (Å²) in [5, 5.41) is 6.27. The Morgan fingerprint density at radius 2 is 1.91 bits per heavy atom. The van der Waals surface area contributed by atoms with E-state index in [-0.39, 0.29) is 24.1 Å². The molecule has 0 saturated carbocycles. The summed E-state index contributed by atoms with van der Waals surface area (Å²) >= 11 is 0. The smallest absolute Gasteiger partial charge is 0.256 e. The maximum Gasteiger partial charge on any atom is 0.256 e. The Morgan fingerprint density at radius 1 is 1.07 bits per heavy atom. The second kappa shape index (κ2) is 12.3. The SMILES string of the molecule is CN1CCC[C@@H]1c1cc2cnc(NC(=O)c3ccc(CCC#Cc4cccc5c4CN(C4CCC(=O)NC4=O)C5=O)cc3)cc2[nH]1. The molecule has 3 aliphatic rings. The molecule has 10 nitrogen and oxygen atoms in total. The first-order valence-corrected chi connectivity index (χ1v) is 15.7. The van der Waals surface area contributed by atoms with Crippen molar-refractivity contribution in [3.8, 4) is 11.8 Å². The molecular formula is C36H34N6O4. The van der Waals surface area contributed by atoms with Crippen molar-refractivity contribution in [2.45, 2.75) is 57.2 Å². The largest absolute Gasteiger partial charge is 0.357 e. The molecule has 2 saturated heterocycles. The fraction of sp³-hybridized carbons (Fsp3) is 0.306. The molecule has 2 aromatic carbocycles. The standard InChI is InChI=1S/C36H34N6O4/c1-41-17-5-10-30(41)29-18-25-20-37-32(19-28(25)38-29)39-34(44)24-13-11-22(12-14-24)6-2-3-7-23-8-4-9-26-27(23)21-42(36(26)46)31-15-16-33(43)40-35(31)45/h4,8-9,11-14,18-20,30-31,38H,2,5-6,10,15-17,21H2,1H3,(H,37,39,44)(H,40,43,45)/t30-,31?/m1/s1. The molecule has 3 aliphatic heterocycles. The number of nitrogens with one attached hydrogen (secondary N) is 3. The number of aromatic nitrogens is 2. The van der Waals surface area contributed by atoms with Gasteiger partial charge < -0.3 is 15.2 Å². The zero-order chi connectivity index (χ0) is 31.8. The summed E-state index contributed by atoms with van der Waals surface area (Å²) in [5.74, 6) is 5.75. The maximum atomic E-state index is 13.1. The number of nitrogens with zero attached hydrogens (tertiary/aromatic N) is 3. The number of benzene rings is 2.